The minimum absolute atomic E-state index is 0.293. The van der Waals surface area contributed by atoms with Crippen molar-refractivity contribution in [2.45, 2.75) is 6.54 Å². The van der Waals surface area contributed by atoms with Gasteiger partial charge in [-0.1, -0.05) is 11.6 Å². The summed E-state index contributed by atoms with van der Waals surface area (Å²) in [4.78, 5) is 11.0. The van der Waals surface area contributed by atoms with E-state index in [2.05, 4.69) is 20.3 Å². The van der Waals surface area contributed by atoms with Gasteiger partial charge in [-0.2, -0.15) is 5.26 Å². The molecular weight excluding hydrogens is 226 g/mol. The largest absolute Gasteiger partial charge is 0.363 e. The number of hydrogen-bond acceptors (Lipinski definition) is 4. The summed E-state index contributed by atoms with van der Waals surface area (Å²) >= 11 is 5.76. The van der Waals surface area contributed by atoms with Crippen molar-refractivity contribution in [3.8, 4) is 6.07 Å². The fraction of sp³-hybridized carbons (Fsp3) is 0.100. The molecule has 80 valence electrons. The van der Waals surface area contributed by atoms with Gasteiger partial charge in [0.25, 0.3) is 0 Å². The molecule has 0 aliphatic heterocycles. The zero-order chi connectivity index (χ0) is 11.4. The van der Waals surface area contributed by atoms with E-state index in [9.17, 15) is 0 Å². The molecule has 0 radical (unpaired) electrons. The van der Waals surface area contributed by atoms with Crippen LogP contribution in [0.3, 0.4) is 0 Å². The lowest BCUT2D eigenvalue weighted by Gasteiger charge is -2.04. The number of nitriles is 1. The van der Waals surface area contributed by atoms with E-state index in [0.29, 0.717) is 23.1 Å². The van der Waals surface area contributed by atoms with Gasteiger partial charge < -0.3 is 10.3 Å². The lowest BCUT2D eigenvalue weighted by atomic mass is 10.3. The third-order valence-electron chi connectivity index (χ3n) is 1.91. The standard InChI is InChI=1S/C10H8ClN5/c11-8-3-7(5-12)4-9(16-8)15-6-10-13-1-2-14-10/h1-4H,6H2,(H,13,14)(H,15,16). The molecule has 2 N–H and O–H groups in total. The first-order valence-electron chi connectivity index (χ1n) is 4.58. The minimum Gasteiger partial charge on any atom is -0.363 e. The maximum absolute atomic E-state index is 8.76. The molecule has 0 fully saturated rings. The molecule has 0 saturated heterocycles. The number of pyridine rings is 1. The molecule has 0 aromatic carbocycles. The van der Waals surface area contributed by atoms with Crippen molar-refractivity contribution in [3.63, 3.8) is 0 Å². The summed E-state index contributed by atoms with van der Waals surface area (Å²) in [5.74, 6) is 1.35. The number of aromatic nitrogens is 3. The Morgan fingerprint density at radius 1 is 1.50 bits per heavy atom. The summed E-state index contributed by atoms with van der Waals surface area (Å²) in [6.07, 6.45) is 3.41. The lowest BCUT2D eigenvalue weighted by Crippen LogP contribution is -2.03. The first-order chi connectivity index (χ1) is 7.78. The number of rotatable bonds is 3. The monoisotopic (exact) mass is 233 g/mol. The second-order valence-electron chi connectivity index (χ2n) is 3.07. The van der Waals surface area contributed by atoms with Crippen LogP contribution in [-0.4, -0.2) is 15.0 Å². The minimum atomic E-state index is 0.293. The maximum Gasteiger partial charge on any atom is 0.132 e. The van der Waals surface area contributed by atoms with Gasteiger partial charge >= 0.3 is 0 Å². The van der Waals surface area contributed by atoms with Crippen molar-refractivity contribution >= 4 is 17.4 Å². The van der Waals surface area contributed by atoms with Gasteiger partial charge in [-0.25, -0.2) is 9.97 Å². The van der Waals surface area contributed by atoms with Crippen LogP contribution in [0.15, 0.2) is 24.5 Å². The summed E-state index contributed by atoms with van der Waals surface area (Å²) < 4.78 is 0. The van der Waals surface area contributed by atoms with Crippen LogP contribution in [0.1, 0.15) is 11.4 Å². The smallest absolute Gasteiger partial charge is 0.132 e. The highest BCUT2D eigenvalue weighted by atomic mass is 35.5. The number of halogens is 1. The van der Waals surface area contributed by atoms with E-state index < -0.39 is 0 Å². The van der Waals surface area contributed by atoms with E-state index in [-0.39, 0.29) is 0 Å². The fourth-order valence-corrected chi connectivity index (χ4v) is 1.43. The zero-order valence-corrected chi connectivity index (χ0v) is 8.99. The molecule has 0 spiro atoms. The van der Waals surface area contributed by atoms with Crippen LogP contribution in [0.5, 0.6) is 0 Å². The number of imidazole rings is 1. The van der Waals surface area contributed by atoms with Crippen LogP contribution in [-0.2, 0) is 6.54 Å². The molecule has 5 nitrogen and oxygen atoms in total. The van der Waals surface area contributed by atoms with Gasteiger partial charge in [0, 0.05) is 12.4 Å². The van der Waals surface area contributed by atoms with Crippen molar-refractivity contribution in [2.24, 2.45) is 0 Å². The molecule has 0 aliphatic rings. The maximum atomic E-state index is 8.76. The molecule has 2 heterocycles. The molecule has 0 bridgehead atoms. The second-order valence-corrected chi connectivity index (χ2v) is 3.45. The Bertz CT molecular complexity index is 515. The Morgan fingerprint density at radius 3 is 3.06 bits per heavy atom. The lowest BCUT2D eigenvalue weighted by molar-refractivity contribution is 0.988. The van der Waals surface area contributed by atoms with Gasteiger partial charge in [0.1, 0.15) is 16.8 Å². The van der Waals surface area contributed by atoms with Gasteiger partial charge in [-0.3, -0.25) is 0 Å². The van der Waals surface area contributed by atoms with Crippen LogP contribution in [0.4, 0.5) is 5.82 Å². The third kappa shape index (κ3) is 2.49. The number of H-pyrrole nitrogens is 1. The molecule has 2 aromatic rings. The highest BCUT2D eigenvalue weighted by Gasteiger charge is 2.01. The first-order valence-corrected chi connectivity index (χ1v) is 4.95. The molecular formula is C10H8ClN5. The predicted molar refractivity (Wildman–Crippen MR) is 59.9 cm³/mol. The Hall–Kier alpha value is -2.06. The number of anilines is 1. The Morgan fingerprint density at radius 2 is 2.38 bits per heavy atom. The first kappa shape index (κ1) is 10.5. The van der Waals surface area contributed by atoms with Crippen LogP contribution < -0.4 is 5.32 Å². The molecule has 0 amide bonds. The normalized spacial score (nSPS) is 9.75. The fourth-order valence-electron chi connectivity index (χ4n) is 1.22. The summed E-state index contributed by atoms with van der Waals surface area (Å²) in [5.41, 5.74) is 0.474. The van der Waals surface area contributed by atoms with E-state index in [1.807, 2.05) is 6.07 Å². The highest BCUT2D eigenvalue weighted by Crippen LogP contribution is 2.14. The van der Waals surface area contributed by atoms with Gasteiger partial charge in [0.15, 0.2) is 0 Å². The molecule has 0 aliphatic carbocycles. The SMILES string of the molecule is N#Cc1cc(Cl)nc(NCc2ncc[nH]2)c1. The van der Waals surface area contributed by atoms with E-state index >= 15 is 0 Å². The van der Waals surface area contributed by atoms with Crippen LogP contribution in [0.25, 0.3) is 0 Å². The predicted octanol–water partition coefficient (Wildman–Crippen LogP) is 1.94. The number of nitrogens with one attached hydrogen (secondary N) is 2. The van der Waals surface area contributed by atoms with Gasteiger partial charge in [-0.15, -0.1) is 0 Å². The van der Waals surface area contributed by atoms with E-state index in [1.54, 1.807) is 18.5 Å². The zero-order valence-electron chi connectivity index (χ0n) is 8.24. The van der Waals surface area contributed by atoms with Crippen molar-refractivity contribution in [3.05, 3.63) is 41.1 Å². The Labute approximate surface area is 97.1 Å². The van der Waals surface area contributed by atoms with Crippen LogP contribution in [0, 0.1) is 11.3 Å². The molecule has 2 rings (SSSR count). The van der Waals surface area contributed by atoms with Crippen LogP contribution >= 0.6 is 11.6 Å². The van der Waals surface area contributed by atoms with Crippen molar-refractivity contribution in [2.75, 3.05) is 5.32 Å². The molecule has 0 unspecified atom stereocenters. The van der Waals surface area contributed by atoms with Crippen molar-refractivity contribution < 1.29 is 0 Å². The average molecular weight is 234 g/mol. The van der Waals surface area contributed by atoms with Gasteiger partial charge in [0.2, 0.25) is 0 Å². The number of hydrogen-bond donors (Lipinski definition) is 2. The van der Waals surface area contributed by atoms with Crippen LogP contribution in [0.2, 0.25) is 5.15 Å². The topological polar surface area (TPSA) is 77.4 Å². The van der Waals surface area contributed by atoms with Gasteiger partial charge in [-0.05, 0) is 12.1 Å². The number of nitrogens with zero attached hydrogens (tertiary/aromatic N) is 3. The molecule has 16 heavy (non-hydrogen) atoms. The number of aromatic amines is 1. The molecule has 2 aromatic heterocycles. The summed E-state index contributed by atoms with van der Waals surface area (Å²) in [6, 6.07) is 5.16. The summed E-state index contributed by atoms with van der Waals surface area (Å²) in [5, 5.41) is 12.1. The summed E-state index contributed by atoms with van der Waals surface area (Å²) in [6.45, 7) is 0.505. The van der Waals surface area contributed by atoms with Crippen molar-refractivity contribution in [1.29, 1.82) is 5.26 Å². The molecule has 0 atom stereocenters. The van der Waals surface area contributed by atoms with Gasteiger partial charge in [0.05, 0.1) is 18.2 Å². The summed E-state index contributed by atoms with van der Waals surface area (Å²) in [7, 11) is 0. The van der Waals surface area contributed by atoms with E-state index in [0.717, 1.165) is 5.82 Å². The Kier molecular flexibility index (Phi) is 3.03. The van der Waals surface area contributed by atoms with E-state index in [4.69, 9.17) is 16.9 Å². The van der Waals surface area contributed by atoms with E-state index in [1.165, 1.54) is 6.07 Å². The molecule has 0 saturated carbocycles. The third-order valence-corrected chi connectivity index (χ3v) is 2.11. The molecule has 6 heteroatoms. The highest BCUT2D eigenvalue weighted by molar-refractivity contribution is 6.29. The average Bonchev–Trinajstić information content (AvgIpc) is 2.78. The Balaban J connectivity index is 2.10. The quantitative estimate of drug-likeness (QED) is 0.795. The second kappa shape index (κ2) is 4.64. The van der Waals surface area contributed by atoms with Crippen molar-refractivity contribution in [1.82, 2.24) is 15.0 Å².